The molecule has 1 aliphatic heterocycles. The van der Waals surface area contributed by atoms with Crippen LogP contribution in [0.4, 0.5) is 0 Å². The predicted octanol–water partition coefficient (Wildman–Crippen LogP) is 2.48. The van der Waals surface area contributed by atoms with Crippen molar-refractivity contribution in [3.05, 3.63) is 35.9 Å². The molecule has 0 radical (unpaired) electrons. The molecular formula is C15H21NO2. The van der Waals surface area contributed by atoms with Crippen molar-refractivity contribution in [3.8, 4) is 0 Å². The van der Waals surface area contributed by atoms with Crippen LogP contribution in [0.25, 0.3) is 0 Å². The normalized spacial score (nSPS) is 20.6. The van der Waals surface area contributed by atoms with Crippen LogP contribution >= 0.6 is 0 Å². The Morgan fingerprint density at radius 1 is 1.44 bits per heavy atom. The van der Waals surface area contributed by atoms with Gasteiger partial charge < -0.3 is 10.1 Å². The molecule has 18 heavy (non-hydrogen) atoms. The molecule has 0 saturated carbocycles. The van der Waals surface area contributed by atoms with Gasteiger partial charge in [0.1, 0.15) is 0 Å². The summed E-state index contributed by atoms with van der Waals surface area (Å²) in [7, 11) is 0. The average molecular weight is 247 g/mol. The molecule has 1 aromatic carbocycles. The predicted molar refractivity (Wildman–Crippen MR) is 71.5 cm³/mol. The molecule has 3 heteroatoms. The molecule has 0 aliphatic carbocycles. The molecule has 3 nitrogen and oxygen atoms in total. The molecule has 1 heterocycles. The minimum Gasteiger partial charge on any atom is -0.376 e. The zero-order chi connectivity index (χ0) is 12.8. The Labute approximate surface area is 109 Å². The van der Waals surface area contributed by atoms with Crippen LogP contribution in [0.1, 0.15) is 37.7 Å². The smallest absolute Gasteiger partial charge is 0.227 e. The van der Waals surface area contributed by atoms with Gasteiger partial charge in [0.15, 0.2) is 0 Å². The highest BCUT2D eigenvalue weighted by Crippen LogP contribution is 2.19. The highest BCUT2D eigenvalue weighted by Gasteiger charge is 2.21. The molecule has 2 rings (SSSR count). The first-order valence-corrected chi connectivity index (χ1v) is 6.75. The lowest BCUT2D eigenvalue weighted by atomic mass is 9.95. The minimum atomic E-state index is -0.0485. The van der Waals surface area contributed by atoms with Crippen LogP contribution in [0.15, 0.2) is 30.3 Å². The summed E-state index contributed by atoms with van der Waals surface area (Å²) in [5.41, 5.74) is 1.09. The maximum atomic E-state index is 12.2. The van der Waals surface area contributed by atoms with Crippen molar-refractivity contribution in [2.75, 3.05) is 13.2 Å². The molecule has 2 unspecified atom stereocenters. The first-order valence-electron chi connectivity index (χ1n) is 6.75. The number of carbonyl (C=O) groups excluding carboxylic acids is 1. The standard InChI is InChI=1S/C15H21NO2/c1-2-14(12-7-4-3-5-8-12)15(17)16-11-13-9-6-10-18-13/h3-5,7-8,13-14H,2,6,9-11H2,1H3,(H,16,17). The van der Waals surface area contributed by atoms with Crippen molar-refractivity contribution in [3.63, 3.8) is 0 Å². The van der Waals surface area contributed by atoms with Gasteiger partial charge in [0.05, 0.1) is 12.0 Å². The quantitative estimate of drug-likeness (QED) is 0.868. The zero-order valence-corrected chi connectivity index (χ0v) is 10.9. The molecule has 0 bridgehead atoms. The van der Waals surface area contributed by atoms with E-state index < -0.39 is 0 Å². The summed E-state index contributed by atoms with van der Waals surface area (Å²) in [5.74, 6) is 0.0619. The topological polar surface area (TPSA) is 38.3 Å². The second-order valence-electron chi connectivity index (χ2n) is 4.75. The van der Waals surface area contributed by atoms with E-state index in [4.69, 9.17) is 4.74 Å². The van der Waals surface area contributed by atoms with Crippen LogP contribution in [0, 0.1) is 0 Å². The number of benzene rings is 1. The lowest BCUT2D eigenvalue weighted by Crippen LogP contribution is -2.35. The Morgan fingerprint density at radius 3 is 2.83 bits per heavy atom. The second-order valence-corrected chi connectivity index (χ2v) is 4.75. The van der Waals surface area contributed by atoms with Gasteiger partial charge in [-0.15, -0.1) is 0 Å². The summed E-state index contributed by atoms with van der Waals surface area (Å²) >= 11 is 0. The number of hydrogen-bond acceptors (Lipinski definition) is 2. The number of amides is 1. The molecule has 1 saturated heterocycles. The summed E-state index contributed by atoms with van der Waals surface area (Å²) in [6, 6.07) is 9.96. The van der Waals surface area contributed by atoms with Gasteiger partial charge in [-0.25, -0.2) is 0 Å². The van der Waals surface area contributed by atoms with Gasteiger partial charge in [0.25, 0.3) is 0 Å². The van der Waals surface area contributed by atoms with Gasteiger partial charge in [-0.2, -0.15) is 0 Å². The Hall–Kier alpha value is -1.35. The van der Waals surface area contributed by atoms with Gasteiger partial charge in [-0.1, -0.05) is 37.3 Å². The van der Waals surface area contributed by atoms with E-state index in [0.717, 1.165) is 31.4 Å². The van der Waals surface area contributed by atoms with E-state index in [1.54, 1.807) is 0 Å². The first kappa shape index (κ1) is 13.1. The second kappa shape index (κ2) is 6.55. The Morgan fingerprint density at radius 2 is 2.22 bits per heavy atom. The first-order chi connectivity index (χ1) is 8.81. The number of ether oxygens (including phenoxy) is 1. The van der Waals surface area contributed by atoms with E-state index in [9.17, 15) is 4.79 Å². The molecule has 1 aromatic rings. The van der Waals surface area contributed by atoms with E-state index in [-0.39, 0.29) is 17.9 Å². The lowest BCUT2D eigenvalue weighted by molar-refractivity contribution is -0.123. The van der Waals surface area contributed by atoms with Crippen LogP contribution in [-0.2, 0) is 9.53 Å². The summed E-state index contributed by atoms with van der Waals surface area (Å²) in [6.07, 6.45) is 3.20. The minimum absolute atomic E-state index is 0.0485. The van der Waals surface area contributed by atoms with Gasteiger partial charge in [-0.05, 0) is 24.8 Å². The van der Waals surface area contributed by atoms with Crippen molar-refractivity contribution in [1.82, 2.24) is 5.32 Å². The van der Waals surface area contributed by atoms with Crippen LogP contribution in [0.3, 0.4) is 0 Å². The van der Waals surface area contributed by atoms with E-state index in [1.807, 2.05) is 37.3 Å². The molecule has 1 N–H and O–H groups in total. The zero-order valence-electron chi connectivity index (χ0n) is 10.9. The van der Waals surface area contributed by atoms with Gasteiger partial charge >= 0.3 is 0 Å². The fourth-order valence-electron chi connectivity index (χ4n) is 2.40. The monoisotopic (exact) mass is 247 g/mol. The third-order valence-electron chi connectivity index (χ3n) is 3.45. The van der Waals surface area contributed by atoms with Crippen molar-refractivity contribution in [2.24, 2.45) is 0 Å². The molecule has 1 fully saturated rings. The molecule has 2 atom stereocenters. The van der Waals surface area contributed by atoms with Crippen molar-refractivity contribution in [2.45, 2.75) is 38.2 Å². The summed E-state index contributed by atoms with van der Waals surface area (Å²) in [6.45, 7) is 3.52. The van der Waals surface area contributed by atoms with Crippen LogP contribution in [0.2, 0.25) is 0 Å². The highest BCUT2D eigenvalue weighted by atomic mass is 16.5. The Kier molecular flexibility index (Phi) is 4.76. The Bertz CT molecular complexity index is 371. The SMILES string of the molecule is CCC(C(=O)NCC1CCCO1)c1ccccc1. The highest BCUT2D eigenvalue weighted by molar-refractivity contribution is 5.83. The summed E-state index contributed by atoms with van der Waals surface area (Å²) in [5, 5.41) is 3.01. The summed E-state index contributed by atoms with van der Waals surface area (Å²) < 4.78 is 5.51. The number of carbonyl (C=O) groups is 1. The summed E-state index contributed by atoms with van der Waals surface area (Å²) in [4.78, 5) is 12.2. The van der Waals surface area contributed by atoms with Gasteiger partial charge in [0, 0.05) is 13.2 Å². The van der Waals surface area contributed by atoms with E-state index >= 15 is 0 Å². The maximum Gasteiger partial charge on any atom is 0.227 e. The van der Waals surface area contributed by atoms with Gasteiger partial charge in [0.2, 0.25) is 5.91 Å². The molecular weight excluding hydrogens is 226 g/mol. The van der Waals surface area contributed by atoms with Crippen molar-refractivity contribution >= 4 is 5.91 Å². The Balaban J connectivity index is 1.89. The van der Waals surface area contributed by atoms with E-state index in [0.29, 0.717) is 6.54 Å². The average Bonchev–Trinajstić information content (AvgIpc) is 2.92. The molecule has 1 aliphatic rings. The fourth-order valence-corrected chi connectivity index (χ4v) is 2.40. The maximum absolute atomic E-state index is 12.2. The fraction of sp³-hybridized carbons (Fsp3) is 0.533. The van der Waals surface area contributed by atoms with Crippen molar-refractivity contribution in [1.29, 1.82) is 0 Å². The molecule has 98 valence electrons. The van der Waals surface area contributed by atoms with E-state index in [1.165, 1.54) is 0 Å². The van der Waals surface area contributed by atoms with Crippen LogP contribution in [-0.4, -0.2) is 25.2 Å². The number of rotatable bonds is 5. The van der Waals surface area contributed by atoms with Gasteiger partial charge in [-0.3, -0.25) is 4.79 Å². The molecule has 0 aromatic heterocycles. The van der Waals surface area contributed by atoms with Crippen LogP contribution < -0.4 is 5.32 Å². The number of nitrogens with one attached hydrogen (secondary N) is 1. The van der Waals surface area contributed by atoms with Crippen molar-refractivity contribution < 1.29 is 9.53 Å². The van der Waals surface area contributed by atoms with Crippen LogP contribution in [0.5, 0.6) is 0 Å². The molecule has 1 amide bonds. The third-order valence-corrected chi connectivity index (χ3v) is 3.45. The lowest BCUT2D eigenvalue weighted by Gasteiger charge is -2.17. The third kappa shape index (κ3) is 3.33. The largest absolute Gasteiger partial charge is 0.376 e. The molecule has 0 spiro atoms. The van der Waals surface area contributed by atoms with E-state index in [2.05, 4.69) is 5.32 Å². The number of hydrogen-bond donors (Lipinski definition) is 1.